The fraction of sp³-hybridized carbons (Fsp3) is 0.833. The van der Waals surface area contributed by atoms with Gasteiger partial charge in [0.25, 0.3) is 0 Å². The van der Waals surface area contributed by atoms with Gasteiger partial charge < -0.3 is 6.92 Å². The zero-order valence-electron chi connectivity index (χ0n) is 3.99. The van der Waals surface area contributed by atoms with E-state index in [2.05, 4.69) is 20.8 Å². The van der Waals surface area contributed by atoms with Crippen LogP contribution < -0.4 is 0 Å². The van der Waals surface area contributed by atoms with Crippen LogP contribution in [0.1, 0.15) is 28.7 Å². The van der Waals surface area contributed by atoms with Gasteiger partial charge in [0.15, 0.2) is 0 Å². The first-order valence-electron chi connectivity index (χ1n) is 1.56. The van der Waals surface area contributed by atoms with Crippen LogP contribution in [0.5, 0.6) is 0 Å². The van der Waals surface area contributed by atoms with Crippen LogP contribution in [0.15, 0.2) is 0 Å². The SMILES string of the molecule is C.C.[CH2-]C(C)C.[Rf]. The molecule has 0 aromatic rings. The van der Waals surface area contributed by atoms with Crippen molar-refractivity contribution in [3.8, 4) is 0 Å². The smallest absolute Gasteiger partial charge is 0 e. The molecule has 0 N–H and O–H groups in total. The van der Waals surface area contributed by atoms with Gasteiger partial charge in [-0.1, -0.05) is 28.7 Å². The van der Waals surface area contributed by atoms with Gasteiger partial charge >= 0.3 is 0 Å². The van der Waals surface area contributed by atoms with Crippen molar-refractivity contribution in [2.24, 2.45) is 5.92 Å². The van der Waals surface area contributed by atoms with Crippen molar-refractivity contribution in [1.29, 1.82) is 0 Å². The first-order valence-corrected chi connectivity index (χ1v) is 1.56. The summed E-state index contributed by atoms with van der Waals surface area (Å²) in [6.45, 7) is 7.75. The molecule has 7 heavy (non-hydrogen) atoms. The average molecular weight is 356 g/mol. The first kappa shape index (κ1) is 37.5. The Hall–Kier alpha value is -1.00. The predicted molar refractivity (Wildman–Crippen MR) is 33.7 cm³/mol. The van der Waals surface area contributed by atoms with E-state index in [1.165, 1.54) is 0 Å². The van der Waals surface area contributed by atoms with Crippen molar-refractivity contribution in [2.75, 3.05) is 0 Å². The largest absolute Gasteiger partial charge is 0.341 e. The zero-order valence-corrected chi connectivity index (χ0v) is 10.4. The second-order valence-corrected chi connectivity index (χ2v) is 1.39. The molecule has 0 atom stereocenters. The van der Waals surface area contributed by atoms with Crippen LogP contribution in [-0.4, -0.2) is 0 Å². The van der Waals surface area contributed by atoms with Crippen molar-refractivity contribution < 1.29 is 0 Å². The average Bonchev–Trinajstić information content (AvgIpc) is 0.811. The van der Waals surface area contributed by atoms with Crippen LogP contribution >= 0.6 is 0 Å². The van der Waals surface area contributed by atoms with Crippen LogP contribution in [0.2, 0.25) is 0 Å². The van der Waals surface area contributed by atoms with E-state index in [4.69, 9.17) is 0 Å². The third-order valence-electron chi connectivity index (χ3n) is 0. The molecule has 0 bridgehead atoms. The third-order valence-corrected chi connectivity index (χ3v) is 0. The van der Waals surface area contributed by atoms with Crippen LogP contribution in [0, 0.1) is 12.8 Å². The van der Waals surface area contributed by atoms with Gasteiger partial charge in [0.1, 0.15) is 0 Å². The Morgan fingerprint density at radius 1 is 1.14 bits per heavy atom. The Labute approximate surface area is 42.6 Å². The molecule has 44 valence electrons. The molecule has 0 fully saturated rings. The van der Waals surface area contributed by atoms with Gasteiger partial charge in [0.2, 0.25) is 0 Å². The zero-order chi connectivity index (χ0) is 3.58. The molecule has 0 aliphatic carbocycles. The van der Waals surface area contributed by atoms with E-state index in [9.17, 15) is 0 Å². The molecule has 0 unspecified atom stereocenters. The van der Waals surface area contributed by atoms with Gasteiger partial charge in [-0.3, -0.25) is 0 Å². The fourth-order valence-electron chi connectivity index (χ4n) is 0. The van der Waals surface area contributed by atoms with Crippen LogP contribution in [0.3, 0.4) is 0 Å². The van der Waals surface area contributed by atoms with Crippen LogP contribution in [0.4, 0.5) is 0 Å². The fourth-order valence-corrected chi connectivity index (χ4v) is 0. The maximum absolute atomic E-state index is 3.64. The minimum absolute atomic E-state index is 0. The van der Waals surface area contributed by atoms with E-state index in [-0.39, 0.29) is 14.9 Å². The van der Waals surface area contributed by atoms with E-state index in [1.54, 1.807) is 0 Å². The van der Waals surface area contributed by atoms with E-state index < -0.39 is 0 Å². The Morgan fingerprint density at radius 2 is 1.14 bits per heavy atom. The molecular formula is C6H17Rf-. The Bertz CT molecular complexity index is 8.90. The van der Waals surface area contributed by atoms with E-state index in [1.807, 2.05) is 0 Å². The molecule has 0 aromatic heterocycles. The van der Waals surface area contributed by atoms with E-state index in [0.29, 0.717) is 5.92 Å². The molecule has 0 heterocycles. The molecule has 0 amide bonds. The summed E-state index contributed by atoms with van der Waals surface area (Å²) >= 11 is 0. The monoisotopic (exact) mass is 356 g/mol. The van der Waals surface area contributed by atoms with Gasteiger partial charge in [0.05, 0.1) is 0 Å². The molecule has 1 heteroatoms. The molecule has 0 aliphatic heterocycles. The molecule has 0 aromatic carbocycles. The molecular weight excluding hydrogens is 339 g/mol. The quantitative estimate of drug-likeness (QED) is 0.586. The Kier molecular flexibility index (Phi) is 107. The van der Waals surface area contributed by atoms with Crippen molar-refractivity contribution in [1.82, 2.24) is 0 Å². The maximum Gasteiger partial charge on any atom is 0 e. The summed E-state index contributed by atoms with van der Waals surface area (Å²) < 4.78 is 0. The van der Waals surface area contributed by atoms with Gasteiger partial charge in [-0.2, -0.15) is 5.92 Å². The Morgan fingerprint density at radius 3 is 1.14 bits per heavy atom. The summed E-state index contributed by atoms with van der Waals surface area (Å²) in [7, 11) is 0. The molecule has 0 saturated carbocycles. The molecule has 0 spiro atoms. The van der Waals surface area contributed by atoms with Gasteiger partial charge in [-0.05, 0) is 0 Å². The number of hydrogen-bond acceptors (Lipinski definition) is 0. The molecule has 0 nitrogen and oxygen atoms in total. The molecule has 0 rings (SSSR count). The number of hydrogen-bond donors (Lipinski definition) is 0. The predicted octanol–water partition coefficient (Wildman–Crippen LogP) is 2.75. The van der Waals surface area contributed by atoms with Crippen molar-refractivity contribution in [3.63, 3.8) is 0 Å². The van der Waals surface area contributed by atoms with Gasteiger partial charge in [-0.15, -0.1) is 0 Å². The summed E-state index contributed by atoms with van der Waals surface area (Å²) in [6, 6.07) is 0. The number of rotatable bonds is 0. The minimum atomic E-state index is 0. The minimum Gasteiger partial charge on any atom is -0.341 e. The van der Waals surface area contributed by atoms with Crippen molar-refractivity contribution in [2.45, 2.75) is 28.7 Å². The van der Waals surface area contributed by atoms with Crippen LogP contribution in [0.25, 0.3) is 0 Å². The summed E-state index contributed by atoms with van der Waals surface area (Å²) in [6.07, 6.45) is 0. The summed E-state index contributed by atoms with van der Waals surface area (Å²) in [5.74, 6) is 0.583. The molecule has 0 radical (unpaired) electrons. The Balaban J connectivity index is -0.0000000150. The van der Waals surface area contributed by atoms with E-state index in [0.717, 1.165) is 0 Å². The molecule has 0 saturated heterocycles. The topological polar surface area (TPSA) is 0 Å². The second kappa shape index (κ2) is 20.0. The molecule has 0 aliphatic rings. The van der Waals surface area contributed by atoms with Gasteiger partial charge in [-0.25, -0.2) is 0 Å². The summed E-state index contributed by atoms with van der Waals surface area (Å²) in [4.78, 5) is 0. The maximum atomic E-state index is 3.64. The third kappa shape index (κ3) is 45.0. The van der Waals surface area contributed by atoms with Crippen LogP contribution in [-0.2, 0) is 0 Å². The summed E-state index contributed by atoms with van der Waals surface area (Å²) in [5, 5.41) is 0. The van der Waals surface area contributed by atoms with Crippen molar-refractivity contribution in [3.05, 3.63) is 6.92 Å². The first-order chi connectivity index (χ1) is 1.73. The van der Waals surface area contributed by atoms with Crippen molar-refractivity contribution >= 4 is 0 Å². The second-order valence-electron chi connectivity index (χ2n) is 1.39. The summed E-state index contributed by atoms with van der Waals surface area (Å²) in [5.41, 5.74) is 0. The van der Waals surface area contributed by atoms with Gasteiger partial charge in [0, 0.05) is 0 Å². The normalized spacial score (nSPS) is 5.14. The standard InChI is InChI=1S/C4H9.2CH4.Rf/c1-4(2)3;;;/h4H,1H2,2-3H3;2*1H4;/q-1;;;. The van der Waals surface area contributed by atoms with E-state index >= 15 is 0 Å².